The number of ketones is 1. The highest BCUT2D eigenvalue weighted by Gasteiger charge is 2.29. The van der Waals surface area contributed by atoms with E-state index >= 15 is 0 Å². The average molecular weight is 353 g/mol. The molecule has 2 aromatic rings. The van der Waals surface area contributed by atoms with Crippen LogP contribution in [0.2, 0.25) is 0 Å². The number of likely N-dealkylation sites (tertiary alicyclic amines) is 1. The molecule has 1 aliphatic rings. The lowest BCUT2D eigenvalue weighted by Crippen LogP contribution is -2.40. The summed E-state index contributed by atoms with van der Waals surface area (Å²) in [6.45, 7) is 2.36. The van der Waals surface area contributed by atoms with Gasteiger partial charge in [-0.1, -0.05) is 30.3 Å². The van der Waals surface area contributed by atoms with Gasteiger partial charge in [0.1, 0.15) is 0 Å². The highest BCUT2D eigenvalue weighted by molar-refractivity contribution is 5.87. The number of carbonyl (C=O) groups is 2. The fourth-order valence-electron chi connectivity index (χ4n) is 3.34. The largest absolute Gasteiger partial charge is 0.478 e. The quantitative estimate of drug-likeness (QED) is 0.756. The van der Waals surface area contributed by atoms with Crippen molar-refractivity contribution >= 4 is 11.8 Å². The number of nitrogens with zero attached hydrogens (tertiary/aromatic N) is 2. The zero-order chi connectivity index (χ0) is 18.4. The summed E-state index contributed by atoms with van der Waals surface area (Å²) in [6, 6.07) is 13.1. The average Bonchev–Trinajstić information content (AvgIpc) is 3.11. The molecule has 2 N–H and O–H groups in total. The Balaban J connectivity index is 1.51. The SMILES string of the molecule is O=C(O)c1ccnc(CNCC(=O)C2CCCN2Cc2ccccc2)c1. The van der Waals surface area contributed by atoms with Gasteiger partial charge in [-0.05, 0) is 37.1 Å². The van der Waals surface area contributed by atoms with E-state index in [9.17, 15) is 9.59 Å². The highest BCUT2D eigenvalue weighted by Crippen LogP contribution is 2.20. The number of hydrogen-bond donors (Lipinski definition) is 2. The fourth-order valence-corrected chi connectivity index (χ4v) is 3.34. The second-order valence-electron chi connectivity index (χ2n) is 6.52. The molecule has 2 heterocycles. The van der Waals surface area contributed by atoms with E-state index in [0.29, 0.717) is 12.2 Å². The lowest BCUT2D eigenvalue weighted by atomic mass is 10.1. The van der Waals surface area contributed by atoms with Crippen LogP contribution in [0.15, 0.2) is 48.7 Å². The lowest BCUT2D eigenvalue weighted by Gasteiger charge is -2.23. The van der Waals surface area contributed by atoms with Gasteiger partial charge in [0.05, 0.1) is 23.8 Å². The van der Waals surface area contributed by atoms with E-state index in [0.717, 1.165) is 25.9 Å². The Bertz CT molecular complexity index is 764. The van der Waals surface area contributed by atoms with Crippen molar-refractivity contribution in [2.75, 3.05) is 13.1 Å². The minimum absolute atomic E-state index is 0.0546. The zero-order valence-electron chi connectivity index (χ0n) is 14.6. The number of carboxylic acids is 1. The Labute approximate surface area is 152 Å². The number of hydrogen-bond acceptors (Lipinski definition) is 5. The van der Waals surface area contributed by atoms with E-state index in [1.165, 1.54) is 23.9 Å². The van der Waals surface area contributed by atoms with Crippen LogP contribution in [0.1, 0.15) is 34.5 Å². The first kappa shape index (κ1) is 18.2. The molecule has 0 saturated carbocycles. The van der Waals surface area contributed by atoms with Crippen LogP contribution in [0.5, 0.6) is 0 Å². The van der Waals surface area contributed by atoms with Crippen molar-refractivity contribution in [1.29, 1.82) is 0 Å². The van der Waals surface area contributed by atoms with Crippen LogP contribution in [0.3, 0.4) is 0 Å². The third-order valence-corrected chi connectivity index (χ3v) is 4.63. The van der Waals surface area contributed by atoms with Crippen molar-refractivity contribution in [3.8, 4) is 0 Å². The van der Waals surface area contributed by atoms with E-state index in [-0.39, 0.29) is 23.9 Å². The first-order valence-corrected chi connectivity index (χ1v) is 8.83. The summed E-state index contributed by atoms with van der Waals surface area (Å²) in [5.41, 5.74) is 2.04. The number of aromatic nitrogens is 1. The second-order valence-corrected chi connectivity index (χ2v) is 6.52. The van der Waals surface area contributed by atoms with Gasteiger partial charge in [0.2, 0.25) is 0 Å². The smallest absolute Gasteiger partial charge is 0.335 e. The first-order chi connectivity index (χ1) is 12.6. The summed E-state index contributed by atoms with van der Waals surface area (Å²) < 4.78 is 0. The summed E-state index contributed by atoms with van der Waals surface area (Å²) in [5.74, 6) is -0.806. The maximum absolute atomic E-state index is 12.6. The van der Waals surface area contributed by atoms with Gasteiger partial charge in [-0.2, -0.15) is 0 Å². The van der Waals surface area contributed by atoms with Crippen molar-refractivity contribution in [3.05, 3.63) is 65.5 Å². The van der Waals surface area contributed by atoms with Crippen molar-refractivity contribution in [2.24, 2.45) is 0 Å². The number of carboxylic acid groups (broad SMARTS) is 1. The Hall–Kier alpha value is -2.57. The van der Waals surface area contributed by atoms with Crippen molar-refractivity contribution in [2.45, 2.75) is 32.0 Å². The van der Waals surface area contributed by atoms with E-state index in [1.54, 1.807) is 0 Å². The van der Waals surface area contributed by atoms with Crippen LogP contribution in [0, 0.1) is 0 Å². The van der Waals surface area contributed by atoms with Gasteiger partial charge in [-0.3, -0.25) is 14.7 Å². The van der Waals surface area contributed by atoms with Crippen LogP contribution in [-0.4, -0.2) is 45.9 Å². The minimum Gasteiger partial charge on any atom is -0.478 e. The molecule has 1 aliphatic heterocycles. The number of pyridine rings is 1. The summed E-state index contributed by atoms with van der Waals surface area (Å²) in [6.07, 6.45) is 3.40. The van der Waals surface area contributed by atoms with Crippen molar-refractivity contribution in [3.63, 3.8) is 0 Å². The molecule has 0 aliphatic carbocycles. The third-order valence-electron chi connectivity index (χ3n) is 4.63. The first-order valence-electron chi connectivity index (χ1n) is 8.83. The maximum atomic E-state index is 12.6. The van der Waals surface area contributed by atoms with E-state index < -0.39 is 5.97 Å². The predicted molar refractivity (Wildman–Crippen MR) is 97.8 cm³/mol. The number of benzene rings is 1. The number of rotatable bonds is 8. The van der Waals surface area contributed by atoms with Crippen LogP contribution in [0.4, 0.5) is 0 Å². The van der Waals surface area contributed by atoms with E-state index in [2.05, 4.69) is 27.3 Å². The Morgan fingerprint density at radius 3 is 2.81 bits per heavy atom. The van der Waals surface area contributed by atoms with Crippen LogP contribution in [0.25, 0.3) is 0 Å². The highest BCUT2D eigenvalue weighted by atomic mass is 16.4. The molecular weight excluding hydrogens is 330 g/mol. The summed E-state index contributed by atoms with van der Waals surface area (Å²) in [7, 11) is 0. The van der Waals surface area contributed by atoms with E-state index in [1.807, 2.05) is 18.2 Å². The molecule has 0 bridgehead atoms. The molecule has 6 heteroatoms. The molecule has 6 nitrogen and oxygen atoms in total. The molecule has 1 saturated heterocycles. The molecule has 26 heavy (non-hydrogen) atoms. The van der Waals surface area contributed by atoms with Gasteiger partial charge in [0.15, 0.2) is 5.78 Å². The summed E-state index contributed by atoms with van der Waals surface area (Å²) in [5, 5.41) is 12.1. The van der Waals surface area contributed by atoms with Crippen LogP contribution < -0.4 is 5.32 Å². The van der Waals surface area contributed by atoms with Crippen molar-refractivity contribution in [1.82, 2.24) is 15.2 Å². The molecular formula is C20H23N3O3. The number of Topliss-reactive ketones (excluding diaryl/α,β-unsaturated/α-hetero) is 1. The Morgan fingerprint density at radius 1 is 1.23 bits per heavy atom. The summed E-state index contributed by atoms with van der Waals surface area (Å²) in [4.78, 5) is 30.0. The summed E-state index contributed by atoms with van der Waals surface area (Å²) >= 11 is 0. The lowest BCUT2D eigenvalue weighted by molar-refractivity contribution is -0.122. The van der Waals surface area contributed by atoms with Gasteiger partial charge in [0.25, 0.3) is 0 Å². The van der Waals surface area contributed by atoms with Crippen LogP contribution >= 0.6 is 0 Å². The van der Waals surface area contributed by atoms with Gasteiger partial charge < -0.3 is 10.4 Å². The molecule has 1 atom stereocenters. The fraction of sp³-hybridized carbons (Fsp3) is 0.350. The Morgan fingerprint density at radius 2 is 2.04 bits per heavy atom. The number of aromatic carboxylic acids is 1. The molecule has 3 rings (SSSR count). The molecule has 1 aromatic carbocycles. The molecule has 0 radical (unpaired) electrons. The van der Waals surface area contributed by atoms with Crippen molar-refractivity contribution < 1.29 is 14.7 Å². The molecule has 0 spiro atoms. The van der Waals surface area contributed by atoms with Gasteiger partial charge in [-0.15, -0.1) is 0 Å². The second kappa shape index (κ2) is 8.69. The monoisotopic (exact) mass is 353 g/mol. The number of nitrogens with one attached hydrogen (secondary N) is 1. The molecule has 1 fully saturated rings. The zero-order valence-corrected chi connectivity index (χ0v) is 14.6. The topological polar surface area (TPSA) is 82.5 Å². The molecule has 0 amide bonds. The number of carbonyl (C=O) groups excluding carboxylic acids is 1. The predicted octanol–water partition coefficient (Wildman–Crippen LogP) is 2.10. The Kier molecular flexibility index (Phi) is 6.09. The standard InChI is InChI=1S/C20H23N3O3/c24-19(13-21-12-17-11-16(20(25)26)8-9-22-17)18-7-4-10-23(18)14-15-5-2-1-3-6-15/h1-3,5-6,8-9,11,18,21H,4,7,10,12-14H2,(H,25,26). The maximum Gasteiger partial charge on any atom is 0.335 e. The third kappa shape index (κ3) is 4.74. The normalized spacial score (nSPS) is 17.3. The molecule has 1 aromatic heterocycles. The van der Waals surface area contributed by atoms with Gasteiger partial charge in [0, 0.05) is 19.3 Å². The van der Waals surface area contributed by atoms with Gasteiger partial charge >= 0.3 is 5.97 Å². The van der Waals surface area contributed by atoms with Crippen LogP contribution in [-0.2, 0) is 17.9 Å². The minimum atomic E-state index is -0.979. The van der Waals surface area contributed by atoms with Gasteiger partial charge in [-0.25, -0.2) is 4.79 Å². The molecule has 1 unspecified atom stereocenters. The van der Waals surface area contributed by atoms with E-state index in [4.69, 9.17) is 5.11 Å². The molecule has 136 valence electrons.